The molecule has 4 rings (SSSR count). The molecule has 2 spiro atoms. The quantitative estimate of drug-likeness (QED) is 0.587. The Balaban J connectivity index is 1.71. The highest BCUT2D eigenvalue weighted by Gasteiger charge is 2.80. The van der Waals surface area contributed by atoms with Crippen LogP contribution in [0.15, 0.2) is 30.3 Å². The van der Waals surface area contributed by atoms with Crippen LogP contribution in [0.4, 0.5) is 0 Å². The van der Waals surface area contributed by atoms with Gasteiger partial charge in [0.25, 0.3) is 0 Å². The van der Waals surface area contributed by atoms with Gasteiger partial charge in [-0.25, -0.2) is 0 Å². The van der Waals surface area contributed by atoms with Crippen LogP contribution in [-0.2, 0) is 14.3 Å². The summed E-state index contributed by atoms with van der Waals surface area (Å²) in [5, 5.41) is 0. The Morgan fingerprint density at radius 2 is 1.64 bits per heavy atom. The number of ketones is 1. The molecule has 0 radical (unpaired) electrons. The van der Waals surface area contributed by atoms with E-state index in [9.17, 15) is 9.59 Å². The van der Waals surface area contributed by atoms with Gasteiger partial charge in [-0.2, -0.15) is 0 Å². The first-order valence-corrected chi connectivity index (χ1v) is 8.46. The van der Waals surface area contributed by atoms with Crippen LogP contribution in [0.1, 0.15) is 56.9 Å². The van der Waals surface area contributed by atoms with E-state index in [-0.39, 0.29) is 23.6 Å². The van der Waals surface area contributed by atoms with E-state index in [1.165, 1.54) is 0 Å². The summed E-state index contributed by atoms with van der Waals surface area (Å²) in [5.41, 5.74) is -0.622. The number of carbonyl (C=O) groups is 2. The first-order valence-electron chi connectivity index (χ1n) is 8.46. The van der Waals surface area contributed by atoms with E-state index >= 15 is 0 Å². The van der Waals surface area contributed by atoms with Gasteiger partial charge < -0.3 is 4.74 Å². The van der Waals surface area contributed by atoms with E-state index in [1.54, 1.807) is 0 Å². The molecule has 0 bridgehead atoms. The fourth-order valence-electron chi connectivity index (χ4n) is 4.84. The van der Waals surface area contributed by atoms with Gasteiger partial charge in [-0.3, -0.25) is 9.59 Å². The number of benzene rings is 1. The van der Waals surface area contributed by atoms with Gasteiger partial charge in [-0.1, -0.05) is 50.1 Å². The molecular weight excluding hydrogens is 276 g/mol. The number of esters is 1. The fraction of sp³-hybridized carbons (Fsp3) is 0.579. The predicted molar refractivity (Wildman–Crippen MR) is 82.3 cm³/mol. The molecule has 3 aliphatic rings. The molecular formula is C19H22O3. The Hall–Kier alpha value is -1.64. The normalized spacial score (nSPS) is 36.4. The zero-order valence-corrected chi connectivity index (χ0v) is 13.0. The van der Waals surface area contributed by atoms with Crippen molar-refractivity contribution in [2.45, 2.75) is 57.0 Å². The van der Waals surface area contributed by atoms with Gasteiger partial charge >= 0.3 is 5.97 Å². The minimum atomic E-state index is -0.897. The number of hydrogen-bond acceptors (Lipinski definition) is 3. The van der Waals surface area contributed by atoms with Crippen molar-refractivity contribution >= 4 is 11.8 Å². The SMILES string of the molecule is C[C@H]1[C@H](c2ccccc2)C12C(=O)OC1(CCCCCC1)C2=O. The minimum absolute atomic E-state index is 0.00340. The topological polar surface area (TPSA) is 43.4 Å². The van der Waals surface area contributed by atoms with Crippen molar-refractivity contribution in [1.82, 2.24) is 0 Å². The lowest BCUT2D eigenvalue weighted by Gasteiger charge is -2.24. The molecule has 1 unspecified atom stereocenters. The third kappa shape index (κ3) is 1.62. The number of hydrogen-bond donors (Lipinski definition) is 0. The maximum absolute atomic E-state index is 13.3. The van der Waals surface area contributed by atoms with Gasteiger partial charge in [0.15, 0.2) is 11.4 Å². The lowest BCUT2D eigenvalue weighted by atomic mass is 9.82. The fourth-order valence-corrected chi connectivity index (χ4v) is 4.84. The van der Waals surface area contributed by atoms with Gasteiger partial charge in [0.2, 0.25) is 0 Å². The summed E-state index contributed by atoms with van der Waals surface area (Å²) in [4.78, 5) is 26.0. The van der Waals surface area contributed by atoms with Gasteiger partial charge in [-0.15, -0.1) is 0 Å². The summed E-state index contributed by atoms with van der Waals surface area (Å²) < 4.78 is 5.79. The molecule has 0 amide bonds. The molecule has 2 saturated carbocycles. The standard InChI is InChI=1S/C19H22O3/c1-13-15(14-9-5-4-6-10-14)19(13)16(20)18(22-17(19)21)11-7-2-3-8-12-18/h4-6,9-10,13,15H,2-3,7-8,11-12H2,1H3/t13-,15+,19?/m0/s1. The lowest BCUT2D eigenvalue weighted by molar-refractivity contribution is -0.154. The van der Waals surface area contributed by atoms with Crippen LogP contribution in [-0.4, -0.2) is 17.4 Å². The summed E-state index contributed by atoms with van der Waals surface area (Å²) in [7, 11) is 0. The van der Waals surface area contributed by atoms with Crippen molar-refractivity contribution in [3.8, 4) is 0 Å². The van der Waals surface area contributed by atoms with E-state index in [0.29, 0.717) is 12.8 Å². The largest absolute Gasteiger partial charge is 0.450 e. The summed E-state index contributed by atoms with van der Waals surface area (Å²) in [5.74, 6) is -0.136. The summed E-state index contributed by atoms with van der Waals surface area (Å²) in [6, 6.07) is 9.95. The highest BCUT2D eigenvalue weighted by atomic mass is 16.6. The molecule has 116 valence electrons. The van der Waals surface area contributed by atoms with Crippen LogP contribution < -0.4 is 0 Å². The lowest BCUT2D eigenvalue weighted by Crippen LogP contribution is -2.38. The Bertz CT molecular complexity index is 613. The Morgan fingerprint density at radius 3 is 2.27 bits per heavy atom. The molecule has 0 N–H and O–H groups in total. The van der Waals surface area contributed by atoms with Crippen molar-refractivity contribution in [1.29, 1.82) is 0 Å². The van der Waals surface area contributed by atoms with Crippen molar-refractivity contribution in [3.63, 3.8) is 0 Å². The highest BCUT2D eigenvalue weighted by Crippen LogP contribution is 2.70. The van der Waals surface area contributed by atoms with E-state index in [2.05, 4.69) is 0 Å². The minimum Gasteiger partial charge on any atom is -0.450 e. The first kappa shape index (κ1) is 14.0. The van der Waals surface area contributed by atoms with Crippen molar-refractivity contribution in [2.24, 2.45) is 11.3 Å². The van der Waals surface area contributed by atoms with E-state index in [1.807, 2.05) is 37.3 Å². The van der Waals surface area contributed by atoms with Crippen LogP contribution in [0.25, 0.3) is 0 Å². The highest BCUT2D eigenvalue weighted by molar-refractivity contribution is 6.17. The van der Waals surface area contributed by atoms with Gasteiger partial charge in [0.05, 0.1) is 0 Å². The maximum atomic E-state index is 13.3. The second-order valence-electron chi connectivity index (χ2n) is 7.17. The van der Waals surface area contributed by atoms with Gasteiger partial charge in [0, 0.05) is 5.92 Å². The van der Waals surface area contributed by atoms with Crippen LogP contribution in [0.3, 0.4) is 0 Å². The van der Waals surface area contributed by atoms with E-state index in [0.717, 1.165) is 31.2 Å². The number of Topliss-reactive ketones (excluding diaryl/α,β-unsaturated/α-hetero) is 1. The molecule has 3 fully saturated rings. The molecule has 1 aromatic rings. The van der Waals surface area contributed by atoms with Crippen molar-refractivity contribution < 1.29 is 14.3 Å². The second-order valence-corrected chi connectivity index (χ2v) is 7.17. The smallest absolute Gasteiger partial charge is 0.321 e. The average Bonchev–Trinajstić information content (AvgIpc) is 3.17. The summed E-state index contributed by atoms with van der Waals surface area (Å²) >= 11 is 0. The molecule has 0 aromatic heterocycles. The Morgan fingerprint density at radius 1 is 1.00 bits per heavy atom. The molecule has 3 nitrogen and oxygen atoms in total. The number of rotatable bonds is 1. The molecule has 2 aliphatic carbocycles. The third-order valence-electron chi connectivity index (χ3n) is 6.08. The molecule has 1 aliphatic heterocycles. The number of carbonyl (C=O) groups excluding carboxylic acids is 2. The van der Waals surface area contributed by atoms with E-state index in [4.69, 9.17) is 4.74 Å². The maximum Gasteiger partial charge on any atom is 0.321 e. The monoisotopic (exact) mass is 298 g/mol. The molecule has 3 heteroatoms. The molecule has 1 aromatic carbocycles. The molecule has 22 heavy (non-hydrogen) atoms. The zero-order valence-electron chi connectivity index (χ0n) is 13.0. The number of ether oxygens (including phenoxy) is 1. The van der Waals surface area contributed by atoms with E-state index < -0.39 is 11.0 Å². The van der Waals surface area contributed by atoms with Crippen LogP contribution in [0.5, 0.6) is 0 Å². The van der Waals surface area contributed by atoms with Crippen molar-refractivity contribution in [2.75, 3.05) is 0 Å². The van der Waals surface area contributed by atoms with Crippen molar-refractivity contribution in [3.05, 3.63) is 35.9 Å². The second kappa shape index (κ2) is 4.68. The molecule has 1 saturated heterocycles. The Kier molecular flexibility index (Phi) is 2.97. The average molecular weight is 298 g/mol. The third-order valence-corrected chi connectivity index (χ3v) is 6.08. The zero-order chi connectivity index (χ0) is 15.4. The molecule has 3 atom stereocenters. The summed E-state index contributed by atoms with van der Waals surface area (Å²) in [6.07, 6.45) is 5.68. The summed E-state index contributed by atoms with van der Waals surface area (Å²) in [6.45, 7) is 2.02. The van der Waals surface area contributed by atoms with Crippen LogP contribution in [0.2, 0.25) is 0 Å². The van der Waals surface area contributed by atoms with Crippen LogP contribution in [0, 0.1) is 11.3 Å². The van der Waals surface area contributed by atoms with Gasteiger partial charge in [0.1, 0.15) is 5.41 Å². The molecule has 1 heterocycles. The Labute approximate surface area is 131 Å². The first-order chi connectivity index (χ1) is 10.6. The predicted octanol–water partition coefficient (Wildman–Crippen LogP) is 3.63. The van der Waals surface area contributed by atoms with Gasteiger partial charge in [-0.05, 0) is 37.2 Å². The van der Waals surface area contributed by atoms with Crippen LogP contribution >= 0.6 is 0 Å².